The first-order valence-electron chi connectivity index (χ1n) is 5.85. The number of benzene rings is 1. The molecule has 0 aliphatic carbocycles. The molecule has 0 fully saturated rings. The van der Waals surface area contributed by atoms with Crippen LogP contribution in [-0.4, -0.2) is 25.8 Å². The van der Waals surface area contributed by atoms with E-state index in [1.54, 1.807) is 24.3 Å². The zero-order valence-corrected chi connectivity index (χ0v) is 10.0. The van der Waals surface area contributed by atoms with Crippen molar-refractivity contribution < 1.29 is 13.9 Å². The van der Waals surface area contributed by atoms with Crippen LogP contribution in [0.4, 0.5) is 10.1 Å². The molecular weight excluding hydrogens is 221 g/mol. The number of anilines is 1. The van der Waals surface area contributed by atoms with Crippen molar-refractivity contribution in [3.63, 3.8) is 0 Å². The zero-order chi connectivity index (χ0) is 12.5. The highest BCUT2D eigenvalue weighted by Crippen LogP contribution is 2.10. The molecule has 0 atom stereocenters. The summed E-state index contributed by atoms with van der Waals surface area (Å²) < 4.78 is 17.0. The standard InChI is InChI=1S/C13H18FNO2/c1-2-3-10-17-13(16)11-4-6-12(7-5-11)15-9-8-14/h4-7,15H,2-3,8-10H2,1H3. The second-order valence-corrected chi connectivity index (χ2v) is 3.68. The smallest absolute Gasteiger partial charge is 0.338 e. The lowest BCUT2D eigenvalue weighted by Crippen LogP contribution is -2.07. The number of ether oxygens (including phenoxy) is 1. The fraction of sp³-hybridized carbons (Fsp3) is 0.462. The molecule has 94 valence electrons. The molecule has 0 aromatic heterocycles. The molecule has 4 heteroatoms. The molecule has 17 heavy (non-hydrogen) atoms. The Morgan fingerprint density at radius 3 is 2.65 bits per heavy atom. The predicted molar refractivity (Wildman–Crippen MR) is 66.1 cm³/mol. The summed E-state index contributed by atoms with van der Waals surface area (Å²) >= 11 is 0. The molecule has 0 saturated heterocycles. The molecule has 3 nitrogen and oxygen atoms in total. The molecule has 0 unspecified atom stereocenters. The number of unbranched alkanes of at least 4 members (excludes halogenated alkanes) is 1. The van der Waals surface area contributed by atoms with Crippen molar-refractivity contribution in [2.75, 3.05) is 25.1 Å². The summed E-state index contributed by atoms with van der Waals surface area (Å²) in [5.74, 6) is -0.310. The molecule has 1 aromatic carbocycles. The van der Waals surface area contributed by atoms with E-state index in [0.717, 1.165) is 18.5 Å². The largest absolute Gasteiger partial charge is 0.462 e. The quantitative estimate of drug-likeness (QED) is 0.587. The number of alkyl halides is 1. The Labute approximate surface area is 101 Å². The summed E-state index contributed by atoms with van der Waals surface area (Å²) in [6.45, 7) is 2.36. The van der Waals surface area contributed by atoms with Crippen LogP contribution in [-0.2, 0) is 4.74 Å². The molecule has 0 spiro atoms. The SMILES string of the molecule is CCCCOC(=O)c1ccc(NCCF)cc1. The van der Waals surface area contributed by atoms with Gasteiger partial charge in [-0.25, -0.2) is 9.18 Å². The molecule has 0 amide bonds. The Morgan fingerprint density at radius 2 is 2.06 bits per heavy atom. The number of carbonyl (C=O) groups is 1. The zero-order valence-electron chi connectivity index (χ0n) is 10.0. The number of hydrogen-bond donors (Lipinski definition) is 1. The lowest BCUT2D eigenvalue weighted by Gasteiger charge is -2.06. The summed E-state index contributed by atoms with van der Waals surface area (Å²) in [6.07, 6.45) is 1.88. The molecule has 0 saturated carbocycles. The molecule has 0 bridgehead atoms. The van der Waals surface area contributed by atoms with E-state index in [0.29, 0.717) is 12.2 Å². The maximum atomic E-state index is 11.9. The number of nitrogens with one attached hydrogen (secondary N) is 1. The molecule has 0 heterocycles. The molecule has 0 radical (unpaired) electrons. The fourth-order valence-corrected chi connectivity index (χ4v) is 1.31. The van der Waals surface area contributed by atoms with Crippen molar-refractivity contribution in [1.29, 1.82) is 0 Å². The third-order valence-corrected chi connectivity index (χ3v) is 2.28. The highest BCUT2D eigenvalue weighted by molar-refractivity contribution is 5.89. The van der Waals surface area contributed by atoms with Crippen LogP contribution in [0.5, 0.6) is 0 Å². The van der Waals surface area contributed by atoms with Crippen molar-refractivity contribution in [1.82, 2.24) is 0 Å². The summed E-state index contributed by atoms with van der Waals surface area (Å²) in [5.41, 5.74) is 1.32. The average Bonchev–Trinajstić information content (AvgIpc) is 2.37. The van der Waals surface area contributed by atoms with Gasteiger partial charge in [-0.3, -0.25) is 0 Å². The highest BCUT2D eigenvalue weighted by Gasteiger charge is 2.05. The summed E-state index contributed by atoms with van der Waals surface area (Å²) in [5, 5.41) is 2.89. The van der Waals surface area contributed by atoms with Crippen molar-refractivity contribution in [2.24, 2.45) is 0 Å². The number of carbonyl (C=O) groups excluding carboxylic acids is 1. The molecule has 1 aromatic rings. The van der Waals surface area contributed by atoms with Gasteiger partial charge in [-0.1, -0.05) is 13.3 Å². The van der Waals surface area contributed by atoms with Crippen molar-refractivity contribution in [2.45, 2.75) is 19.8 Å². The van der Waals surface area contributed by atoms with Gasteiger partial charge in [0.25, 0.3) is 0 Å². The third kappa shape index (κ3) is 4.85. The number of esters is 1. The molecule has 0 aliphatic heterocycles. The van der Waals surface area contributed by atoms with E-state index in [9.17, 15) is 9.18 Å². The maximum absolute atomic E-state index is 11.9. The number of halogens is 1. The van der Waals surface area contributed by atoms with Crippen molar-refractivity contribution in [3.05, 3.63) is 29.8 Å². The van der Waals surface area contributed by atoms with Crippen molar-refractivity contribution >= 4 is 11.7 Å². The van der Waals surface area contributed by atoms with E-state index in [4.69, 9.17) is 4.74 Å². The van der Waals surface area contributed by atoms with Crippen LogP contribution < -0.4 is 5.32 Å². The first kappa shape index (κ1) is 13.5. The summed E-state index contributed by atoms with van der Waals surface area (Å²) in [7, 11) is 0. The van der Waals surface area contributed by atoms with Gasteiger partial charge in [-0.2, -0.15) is 0 Å². The summed E-state index contributed by atoms with van der Waals surface area (Å²) in [6, 6.07) is 6.84. The molecular formula is C13H18FNO2. The van der Waals surface area contributed by atoms with E-state index in [1.165, 1.54) is 0 Å². The second-order valence-electron chi connectivity index (χ2n) is 3.68. The van der Waals surface area contributed by atoms with Crippen LogP contribution in [0.25, 0.3) is 0 Å². The Balaban J connectivity index is 2.46. The van der Waals surface area contributed by atoms with Gasteiger partial charge in [0, 0.05) is 12.2 Å². The van der Waals surface area contributed by atoms with E-state index in [1.807, 2.05) is 6.92 Å². The van der Waals surface area contributed by atoms with Gasteiger partial charge >= 0.3 is 5.97 Å². The third-order valence-electron chi connectivity index (χ3n) is 2.28. The minimum absolute atomic E-state index is 0.278. The minimum Gasteiger partial charge on any atom is -0.462 e. The van der Waals surface area contributed by atoms with Crippen LogP contribution in [0.2, 0.25) is 0 Å². The first-order valence-corrected chi connectivity index (χ1v) is 5.85. The van der Waals surface area contributed by atoms with E-state index in [-0.39, 0.29) is 12.5 Å². The van der Waals surface area contributed by atoms with Crippen LogP contribution in [0, 0.1) is 0 Å². The second kappa shape index (κ2) is 7.65. The summed E-state index contributed by atoms with van der Waals surface area (Å²) in [4.78, 5) is 11.5. The fourth-order valence-electron chi connectivity index (χ4n) is 1.31. The Morgan fingerprint density at radius 1 is 1.35 bits per heavy atom. The lowest BCUT2D eigenvalue weighted by atomic mass is 10.2. The van der Waals surface area contributed by atoms with Gasteiger partial charge in [0.15, 0.2) is 0 Å². The average molecular weight is 239 g/mol. The Bertz CT molecular complexity index is 338. The van der Waals surface area contributed by atoms with Gasteiger partial charge < -0.3 is 10.1 Å². The van der Waals surface area contributed by atoms with Gasteiger partial charge in [0.2, 0.25) is 0 Å². The highest BCUT2D eigenvalue weighted by atomic mass is 19.1. The van der Waals surface area contributed by atoms with Crippen molar-refractivity contribution in [3.8, 4) is 0 Å². The van der Waals surface area contributed by atoms with E-state index in [2.05, 4.69) is 5.32 Å². The predicted octanol–water partition coefficient (Wildman–Crippen LogP) is 3.02. The molecule has 0 aliphatic rings. The van der Waals surface area contributed by atoms with Crippen LogP contribution >= 0.6 is 0 Å². The van der Waals surface area contributed by atoms with E-state index >= 15 is 0 Å². The number of hydrogen-bond acceptors (Lipinski definition) is 3. The normalized spacial score (nSPS) is 10.0. The Kier molecular flexibility index (Phi) is 6.07. The maximum Gasteiger partial charge on any atom is 0.338 e. The van der Waals surface area contributed by atoms with Gasteiger partial charge in [0.05, 0.1) is 12.2 Å². The topological polar surface area (TPSA) is 38.3 Å². The minimum atomic E-state index is -0.416. The van der Waals surface area contributed by atoms with Crippen LogP contribution in [0.15, 0.2) is 24.3 Å². The van der Waals surface area contributed by atoms with Gasteiger partial charge in [0.1, 0.15) is 6.67 Å². The van der Waals surface area contributed by atoms with Gasteiger partial charge in [-0.15, -0.1) is 0 Å². The molecule has 1 rings (SSSR count). The van der Waals surface area contributed by atoms with E-state index < -0.39 is 6.67 Å². The Hall–Kier alpha value is -1.58. The first-order chi connectivity index (χ1) is 8.27. The lowest BCUT2D eigenvalue weighted by molar-refractivity contribution is 0.0500. The van der Waals surface area contributed by atoms with Gasteiger partial charge in [-0.05, 0) is 30.7 Å². The monoisotopic (exact) mass is 239 g/mol. The number of rotatable bonds is 7. The van der Waals surface area contributed by atoms with Crippen LogP contribution in [0.3, 0.4) is 0 Å². The van der Waals surface area contributed by atoms with Crippen LogP contribution in [0.1, 0.15) is 30.1 Å². The molecule has 1 N–H and O–H groups in total.